The van der Waals surface area contributed by atoms with Crippen molar-refractivity contribution >= 4 is 11.6 Å². The molecule has 1 rings (SSSR count). The molecule has 3 nitrogen and oxygen atoms in total. The summed E-state index contributed by atoms with van der Waals surface area (Å²) in [7, 11) is 0. The Balaban J connectivity index is 2.92. The lowest BCUT2D eigenvalue weighted by Gasteiger charge is -1.99. The Hall–Kier alpha value is -1.11. The van der Waals surface area contributed by atoms with E-state index in [1.54, 1.807) is 12.1 Å². The molecule has 0 amide bonds. The van der Waals surface area contributed by atoms with Crippen molar-refractivity contribution < 1.29 is 5.11 Å². The average Bonchev–Trinajstić information content (AvgIpc) is 2.05. The number of hydrogen-bond acceptors (Lipinski definition) is 3. The lowest BCUT2D eigenvalue weighted by Crippen LogP contribution is -1.93. The molecule has 1 atom stereocenters. The van der Waals surface area contributed by atoms with E-state index < -0.39 is 6.10 Å². The minimum absolute atomic E-state index is 0.346. The smallest absolute Gasteiger partial charge is 0.167 e. The van der Waals surface area contributed by atoms with Gasteiger partial charge in [-0.1, -0.05) is 17.7 Å². The third-order valence-electron chi connectivity index (χ3n) is 1.19. The number of hydrogen-bond donors (Lipinski definition) is 1. The van der Waals surface area contributed by atoms with E-state index >= 15 is 0 Å². The maximum Gasteiger partial charge on any atom is 0.167 e. The highest BCUT2D eigenvalue weighted by Crippen LogP contribution is 2.12. The predicted octanol–water partition coefficient (Wildman–Crippen LogP) is 1.29. The van der Waals surface area contributed by atoms with Crippen molar-refractivity contribution in [1.29, 1.82) is 5.26 Å². The minimum Gasteiger partial charge on any atom is -0.374 e. The van der Waals surface area contributed by atoms with Crippen molar-refractivity contribution in [1.82, 2.24) is 4.98 Å². The van der Waals surface area contributed by atoms with E-state index in [0.717, 1.165) is 0 Å². The normalized spacial score (nSPS) is 12.1. The van der Waals surface area contributed by atoms with Gasteiger partial charge in [0, 0.05) is 11.8 Å². The number of pyridine rings is 1. The van der Waals surface area contributed by atoms with Crippen LogP contribution in [0.1, 0.15) is 11.7 Å². The third kappa shape index (κ3) is 1.90. The number of nitriles is 1. The molecule has 1 aromatic rings. The van der Waals surface area contributed by atoms with Crippen LogP contribution in [-0.4, -0.2) is 10.1 Å². The van der Waals surface area contributed by atoms with E-state index in [9.17, 15) is 0 Å². The van der Waals surface area contributed by atoms with Gasteiger partial charge in [-0.3, -0.25) is 0 Å². The maximum absolute atomic E-state index is 8.98. The largest absolute Gasteiger partial charge is 0.374 e. The summed E-state index contributed by atoms with van der Waals surface area (Å²) in [6.45, 7) is 0. The van der Waals surface area contributed by atoms with E-state index in [2.05, 4.69) is 4.98 Å². The van der Waals surface area contributed by atoms with Crippen LogP contribution >= 0.6 is 11.6 Å². The molecule has 1 heterocycles. The number of aliphatic hydroxyl groups is 1. The van der Waals surface area contributed by atoms with Crippen molar-refractivity contribution in [2.75, 3.05) is 0 Å². The second-order valence-corrected chi connectivity index (χ2v) is 2.33. The van der Waals surface area contributed by atoms with Gasteiger partial charge >= 0.3 is 0 Å². The van der Waals surface area contributed by atoms with Crippen LogP contribution in [0.2, 0.25) is 5.15 Å². The first-order valence-electron chi connectivity index (χ1n) is 2.93. The molecule has 1 N–H and O–H groups in total. The van der Waals surface area contributed by atoms with Crippen LogP contribution in [-0.2, 0) is 0 Å². The highest BCUT2D eigenvalue weighted by molar-refractivity contribution is 6.29. The zero-order valence-electron chi connectivity index (χ0n) is 5.53. The van der Waals surface area contributed by atoms with Gasteiger partial charge in [0.05, 0.1) is 6.07 Å². The molecule has 0 fully saturated rings. The number of nitrogens with zero attached hydrogens (tertiary/aromatic N) is 2. The highest BCUT2D eigenvalue weighted by atomic mass is 35.5. The zero-order valence-corrected chi connectivity index (χ0v) is 6.28. The summed E-state index contributed by atoms with van der Waals surface area (Å²) in [6.07, 6.45) is 0.260. The van der Waals surface area contributed by atoms with Gasteiger partial charge in [0.15, 0.2) is 6.10 Å². The van der Waals surface area contributed by atoms with E-state index in [4.69, 9.17) is 22.0 Å². The maximum atomic E-state index is 8.98. The molecular weight excluding hydrogens is 164 g/mol. The van der Waals surface area contributed by atoms with Crippen LogP contribution in [0.25, 0.3) is 0 Å². The Morgan fingerprint density at radius 2 is 2.36 bits per heavy atom. The molecule has 0 aliphatic heterocycles. The third-order valence-corrected chi connectivity index (χ3v) is 1.41. The van der Waals surface area contributed by atoms with Crippen LogP contribution in [0, 0.1) is 11.3 Å². The van der Waals surface area contributed by atoms with Crippen molar-refractivity contribution in [2.24, 2.45) is 0 Å². The van der Waals surface area contributed by atoms with Gasteiger partial charge in [-0.2, -0.15) is 5.26 Å². The van der Waals surface area contributed by atoms with Crippen molar-refractivity contribution in [3.8, 4) is 6.07 Å². The summed E-state index contributed by atoms with van der Waals surface area (Å²) in [5.74, 6) is 0. The quantitative estimate of drug-likeness (QED) is 0.508. The summed E-state index contributed by atoms with van der Waals surface area (Å²) in [5, 5.41) is 17.6. The topological polar surface area (TPSA) is 56.9 Å². The molecule has 0 aliphatic rings. The second-order valence-electron chi connectivity index (χ2n) is 1.95. The molecule has 0 saturated heterocycles. The standard InChI is InChI=1S/C7H5ClN2O/c8-7-2-1-5(4-10-7)6(11)3-9/h1-2,4,6,11H. The van der Waals surface area contributed by atoms with Crippen LogP contribution in [0.3, 0.4) is 0 Å². The molecule has 56 valence electrons. The molecule has 0 spiro atoms. The van der Waals surface area contributed by atoms with E-state index in [1.807, 2.05) is 0 Å². The molecule has 0 bridgehead atoms. The molecule has 1 unspecified atom stereocenters. The average molecular weight is 169 g/mol. The van der Waals surface area contributed by atoms with E-state index in [-0.39, 0.29) is 0 Å². The van der Waals surface area contributed by atoms with Gasteiger partial charge < -0.3 is 5.11 Å². The van der Waals surface area contributed by atoms with Gasteiger partial charge in [0.1, 0.15) is 5.15 Å². The molecule has 11 heavy (non-hydrogen) atoms. The Bertz CT molecular complexity index is 277. The van der Waals surface area contributed by atoms with Gasteiger partial charge in [-0.25, -0.2) is 4.98 Å². The summed E-state index contributed by atoms with van der Waals surface area (Å²) in [5.41, 5.74) is 0.455. The second kappa shape index (κ2) is 3.33. The molecule has 0 saturated carbocycles. The Morgan fingerprint density at radius 3 is 2.82 bits per heavy atom. The Morgan fingerprint density at radius 1 is 1.64 bits per heavy atom. The van der Waals surface area contributed by atoms with Gasteiger partial charge in [-0.15, -0.1) is 0 Å². The highest BCUT2D eigenvalue weighted by Gasteiger charge is 2.04. The first-order valence-corrected chi connectivity index (χ1v) is 3.31. The summed E-state index contributed by atoms with van der Waals surface area (Å²) < 4.78 is 0. The molecule has 1 aromatic heterocycles. The van der Waals surface area contributed by atoms with Crippen molar-refractivity contribution in [3.05, 3.63) is 29.0 Å². The lowest BCUT2D eigenvalue weighted by molar-refractivity contribution is 0.235. The van der Waals surface area contributed by atoms with E-state index in [0.29, 0.717) is 10.7 Å². The van der Waals surface area contributed by atoms with Crippen LogP contribution in [0.5, 0.6) is 0 Å². The summed E-state index contributed by atoms with van der Waals surface area (Å²) in [4.78, 5) is 3.70. The van der Waals surface area contributed by atoms with Gasteiger partial charge in [0.2, 0.25) is 0 Å². The minimum atomic E-state index is -1.11. The number of aromatic nitrogens is 1. The van der Waals surface area contributed by atoms with Crippen molar-refractivity contribution in [2.45, 2.75) is 6.10 Å². The van der Waals surface area contributed by atoms with Gasteiger partial charge in [0.25, 0.3) is 0 Å². The molecular formula is C7H5ClN2O. The van der Waals surface area contributed by atoms with Gasteiger partial charge in [-0.05, 0) is 6.07 Å². The number of rotatable bonds is 1. The molecule has 0 radical (unpaired) electrons. The summed E-state index contributed by atoms with van der Waals surface area (Å²) in [6, 6.07) is 4.76. The van der Waals surface area contributed by atoms with Crippen molar-refractivity contribution in [3.63, 3.8) is 0 Å². The monoisotopic (exact) mass is 168 g/mol. The van der Waals surface area contributed by atoms with E-state index in [1.165, 1.54) is 12.3 Å². The first-order chi connectivity index (χ1) is 5.24. The Kier molecular flexibility index (Phi) is 2.42. The Labute approximate surface area is 68.9 Å². The first kappa shape index (κ1) is 7.99. The van der Waals surface area contributed by atoms with Crippen LogP contribution < -0.4 is 0 Å². The SMILES string of the molecule is N#CC(O)c1ccc(Cl)nc1. The molecule has 4 heteroatoms. The summed E-state index contributed by atoms with van der Waals surface area (Å²) >= 11 is 5.48. The predicted molar refractivity (Wildman–Crippen MR) is 39.8 cm³/mol. The fourth-order valence-electron chi connectivity index (χ4n) is 0.624. The molecule has 0 aromatic carbocycles. The number of halogens is 1. The fourth-order valence-corrected chi connectivity index (χ4v) is 0.735. The fraction of sp³-hybridized carbons (Fsp3) is 0.143. The van der Waals surface area contributed by atoms with Crippen LogP contribution in [0.15, 0.2) is 18.3 Å². The molecule has 0 aliphatic carbocycles. The lowest BCUT2D eigenvalue weighted by atomic mass is 10.2. The number of aliphatic hydroxyl groups excluding tert-OH is 1. The van der Waals surface area contributed by atoms with Crippen LogP contribution in [0.4, 0.5) is 0 Å². The zero-order chi connectivity index (χ0) is 8.27.